The number of allylic oxidation sites excluding steroid dienone is 1. The van der Waals surface area contributed by atoms with Crippen molar-refractivity contribution in [1.29, 1.82) is 0 Å². The van der Waals surface area contributed by atoms with Crippen molar-refractivity contribution in [2.75, 3.05) is 17.7 Å². The van der Waals surface area contributed by atoms with E-state index >= 15 is 0 Å². The molecule has 0 spiro atoms. The molecule has 1 saturated heterocycles. The minimum Gasteiger partial charge on any atom is -0.477 e. The van der Waals surface area contributed by atoms with Gasteiger partial charge < -0.3 is 31.0 Å². The highest BCUT2D eigenvalue weighted by atomic mass is 32.2. The van der Waals surface area contributed by atoms with Gasteiger partial charge in [0.1, 0.15) is 35.5 Å². The molecule has 36 heavy (non-hydrogen) atoms. The van der Waals surface area contributed by atoms with Gasteiger partial charge in [0.2, 0.25) is 6.41 Å². The number of nitrogens with one attached hydrogen (secondary N) is 2. The number of anilines is 1. The zero-order valence-corrected chi connectivity index (χ0v) is 20.0. The van der Waals surface area contributed by atoms with Crippen molar-refractivity contribution in [3.63, 3.8) is 0 Å². The van der Waals surface area contributed by atoms with Crippen molar-refractivity contribution in [2.24, 2.45) is 10.9 Å². The van der Waals surface area contributed by atoms with E-state index in [9.17, 15) is 29.1 Å². The number of thiazole rings is 1. The van der Waals surface area contributed by atoms with E-state index in [2.05, 4.69) is 20.8 Å². The van der Waals surface area contributed by atoms with Gasteiger partial charge in [0, 0.05) is 16.7 Å². The minimum atomic E-state index is -1.38. The minimum absolute atomic E-state index is 0.126. The van der Waals surface area contributed by atoms with Crippen LogP contribution in [-0.4, -0.2) is 80.9 Å². The van der Waals surface area contributed by atoms with Crippen LogP contribution in [0.2, 0.25) is 0 Å². The first-order chi connectivity index (χ1) is 17.3. The lowest BCUT2D eigenvalue weighted by molar-refractivity contribution is -0.150. The highest BCUT2D eigenvalue weighted by molar-refractivity contribution is 8.00. The molecule has 190 valence electrons. The summed E-state index contributed by atoms with van der Waals surface area (Å²) in [4.78, 5) is 70.1. The molecule has 0 aromatic carbocycles. The molecule has 3 heterocycles. The molecule has 14 nitrogen and oxygen atoms in total. The van der Waals surface area contributed by atoms with Crippen molar-refractivity contribution >= 4 is 64.2 Å². The van der Waals surface area contributed by atoms with Crippen molar-refractivity contribution < 1.29 is 38.7 Å². The number of carboxylic acids is 1. The van der Waals surface area contributed by atoms with E-state index in [-0.39, 0.29) is 46.3 Å². The van der Waals surface area contributed by atoms with Gasteiger partial charge in [-0.15, -0.1) is 23.1 Å². The van der Waals surface area contributed by atoms with Crippen LogP contribution in [0.25, 0.3) is 0 Å². The second kappa shape index (κ2) is 10.8. The molecule has 3 atom stereocenters. The van der Waals surface area contributed by atoms with Crippen LogP contribution in [0.4, 0.5) is 9.93 Å². The van der Waals surface area contributed by atoms with Gasteiger partial charge in [-0.25, -0.2) is 14.6 Å². The summed E-state index contributed by atoms with van der Waals surface area (Å²) in [6.45, 7) is -0.373. The lowest BCUT2D eigenvalue weighted by Gasteiger charge is -2.49. The Labute approximate surface area is 211 Å². The molecular weight excluding hydrogens is 516 g/mol. The van der Waals surface area contributed by atoms with Crippen LogP contribution < -0.4 is 16.4 Å². The number of carbonyl (C=O) groups excluding carboxylic acids is 4. The van der Waals surface area contributed by atoms with Gasteiger partial charge in [-0.1, -0.05) is 11.2 Å². The number of aromatic nitrogens is 1. The highest BCUT2D eigenvalue weighted by Crippen LogP contribution is 2.40. The quantitative estimate of drug-likeness (QED) is 0.103. The Morgan fingerprint density at radius 2 is 2.19 bits per heavy atom. The highest BCUT2D eigenvalue weighted by Gasteiger charge is 2.54. The monoisotopic (exact) mass is 536 g/mol. The Kier molecular flexibility index (Phi) is 7.54. The van der Waals surface area contributed by atoms with Crippen molar-refractivity contribution in [3.8, 4) is 0 Å². The Morgan fingerprint density at radius 3 is 2.86 bits per heavy atom. The van der Waals surface area contributed by atoms with Crippen molar-refractivity contribution in [3.05, 3.63) is 34.5 Å². The van der Waals surface area contributed by atoms with E-state index in [1.54, 1.807) is 0 Å². The number of oxime groups is 1. The first-order valence-corrected chi connectivity index (χ1v) is 12.4. The largest absolute Gasteiger partial charge is 0.477 e. The third-order valence-corrected chi connectivity index (χ3v) is 7.43. The van der Waals surface area contributed by atoms with Gasteiger partial charge in [0.15, 0.2) is 10.8 Å². The van der Waals surface area contributed by atoms with E-state index in [1.807, 2.05) is 12.2 Å². The van der Waals surface area contributed by atoms with Crippen LogP contribution in [0.15, 0.2) is 34.0 Å². The fourth-order valence-corrected chi connectivity index (χ4v) is 5.66. The maximum Gasteiger partial charge on any atom is 0.404 e. The number of aliphatic carboxylic acids is 1. The van der Waals surface area contributed by atoms with Crippen LogP contribution in [-0.2, 0) is 28.8 Å². The zero-order valence-electron chi connectivity index (χ0n) is 18.4. The zero-order chi connectivity index (χ0) is 25.8. The van der Waals surface area contributed by atoms with E-state index in [1.165, 1.54) is 17.1 Å². The SMILES string of the molecule is NC(=O)OCC1=C(C(=O)O)N2C(=O)C(NC(=O)C(=NOC3C=CCC3)c3csc(NC=O)n3)[C@H]2SC1. The lowest BCUT2D eigenvalue weighted by Crippen LogP contribution is -2.71. The molecule has 4 rings (SSSR count). The predicted octanol–water partition coefficient (Wildman–Crippen LogP) is -0.0154. The van der Waals surface area contributed by atoms with Crippen molar-refractivity contribution in [1.82, 2.24) is 15.2 Å². The van der Waals surface area contributed by atoms with Crippen LogP contribution in [0.1, 0.15) is 18.5 Å². The molecule has 4 amide bonds. The smallest absolute Gasteiger partial charge is 0.404 e. The second-order valence-electron chi connectivity index (χ2n) is 7.62. The average Bonchev–Trinajstić information content (AvgIpc) is 3.53. The number of rotatable bonds is 10. The predicted molar refractivity (Wildman–Crippen MR) is 127 cm³/mol. The molecule has 1 fully saturated rings. The Hall–Kier alpha value is -3.92. The van der Waals surface area contributed by atoms with E-state index in [0.717, 1.165) is 22.7 Å². The van der Waals surface area contributed by atoms with Gasteiger partial charge in [0.05, 0.1) is 0 Å². The summed E-state index contributed by atoms with van der Waals surface area (Å²) in [5, 5.41) is 19.6. The second-order valence-corrected chi connectivity index (χ2v) is 9.58. The summed E-state index contributed by atoms with van der Waals surface area (Å²) < 4.78 is 4.69. The number of nitrogens with zero attached hydrogens (tertiary/aromatic N) is 3. The number of nitrogens with two attached hydrogens (primary N) is 1. The number of carboxylic acid groups (broad SMARTS) is 1. The molecule has 0 radical (unpaired) electrons. The molecule has 5 N–H and O–H groups in total. The average molecular weight is 537 g/mol. The first-order valence-electron chi connectivity index (χ1n) is 10.5. The summed E-state index contributed by atoms with van der Waals surface area (Å²) in [6.07, 6.45) is 4.28. The normalized spacial score (nSPS) is 23.0. The third kappa shape index (κ3) is 5.18. The van der Waals surface area contributed by atoms with E-state index < -0.39 is 35.3 Å². The molecule has 3 aliphatic rings. The number of thioether (sulfide) groups is 1. The maximum absolute atomic E-state index is 13.2. The molecule has 1 aromatic heterocycles. The number of primary amides is 1. The van der Waals surface area contributed by atoms with Gasteiger partial charge in [0.25, 0.3) is 11.8 Å². The fraction of sp³-hybridized carbons (Fsp3) is 0.350. The molecule has 1 aromatic rings. The molecule has 2 aliphatic heterocycles. The molecule has 0 saturated carbocycles. The molecule has 1 aliphatic carbocycles. The maximum atomic E-state index is 13.2. The number of fused-ring (bicyclic) bond motifs is 1. The van der Waals surface area contributed by atoms with Crippen LogP contribution >= 0.6 is 23.1 Å². The molecule has 2 unspecified atom stereocenters. The summed E-state index contributed by atoms with van der Waals surface area (Å²) in [5.41, 5.74) is 4.77. The van der Waals surface area contributed by atoms with Gasteiger partial charge >= 0.3 is 12.1 Å². The topological polar surface area (TPSA) is 203 Å². The van der Waals surface area contributed by atoms with E-state index in [4.69, 9.17) is 15.3 Å². The standard InChI is InChI=1S/C20H20N6O8S2/c21-19(32)33-5-9-6-35-17-13(16(29)26(17)14(9)18(30)31)24-15(28)12(25-34-10-3-1-2-4-10)11-7-36-20(23-11)22-8-27/h1,3,7-8,10,13,17H,2,4-6H2,(H2,21,32)(H,24,28)(H,30,31)(H,22,23,27)/t10?,13?,17-/m1/s1. The number of ether oxygens (including phenoxy) is 1. The summed E-state index contributed by atoms with van der Waals surface area (Å²) in [6, 6.07) is -1.04. The van der Waals surface area contributed by atoms with Gasteiger partial charge in [-0.2, -0.15) is 0 Å². The first kappa shape index (κ1) is 25.2. The number of carbonyl (C=O) groups is 5. The molecular formula is C20H20N6O8S2. The Balaban J connectivity index is 1.52. The summed E-state index contributed by atoms with van der Waals surface area (Å²) in [5.74, 6) is -2.66. The number of hydrogen-bond donors (Lipinski definition) is 4. The van der Waals surface area contributed by atoms with Crippen molar-refractivity contribution in [2.45, 2.75) is 30.4 Å². The molecule has 0 bridgehead atoms. The van der Waals surface area contributed by atoms with Crippen LogP contribution in [0.3, 0.4) is 0 Å². The van der Waals surface area contributed by atoms with Gasteiger partial charge in [-0.3, -0.25) is 19.3 Å². The fourth-order valence-electron chi connectivity index (χ4n) is 3.68. The van der Waals surface area contributed by atoms with Crippen LogP contribution in [0.5, 0.6) is 0 Å². The lowest BCUT2D eigenvalue weighted by atomic mass is 10.0. The number of hydrogen-bond acceptors (Lipinski definition) is 11. The summed E-state index contributed by atoms with van der Waals surface area (Å²) >= 11 is 2.26. The van der Waals surface area contributed by atoms with E-state index in [0.29, 0.717) is 12.8 Å². The summed E-state index contributed by atoms with van der Waals surface area (Å²) in [7, 11) is 0. The number of β-lactam (4-membered cyclic amide) rings is 1. The van der Waals surface area contributed by atoms with Gasteiger partial charge in [-0.05, 0) is 18.9 Å². The Bertz CT molecular complexity index is 1190. The number of amides is 4. The Morgan fingerprint density at radius 1 is 1.39 bits per heavy atom. The third-order valence-electron chi connectivity index (χ3n) is 5.32. The van der Waals surface area contributed by atoms with Crippen LogP contribution in [0, 0.1) is 0 Å². The molecule has 16 heteroatoms.